The third-order valence-corrected chi connectivity index (χ3v) is 7.60. The molecule has 3 rings (SSSR count). The molecule has 15 heavy (non-hydrogen) atoms. The van der Waals surface area contributed by atoms with Crippen molar-refractivity contribution in [1.29, 1.82) is 0 Å². The fraction of sp³-hybridized carbons (Fsp3) is 0.636. The van der Waals surface area contributed by atoms with E-state index in [2.05, 4.69) is 10.2 Å². The third kappa shape index (κ3) is 1.53. The highest BCUT2D eigenvalue weighted by Crippen LogP contribution is 2.69. The summed E-state index contributed by atoms with van der Waals surface area (Å²) < 4.78 is 13.0. The largest absolute Gasteiger partial charge is 0.318 e. The van der Waals surface area contributed by atoms with Gasteiger partial charge in [-0.15, -0.1) is 0 Å². The Morgan fingerprint density at radius 1 is 1.27 bits per heavy atom. The summed E-state index contributed by atoms with van der Waals surface area (Å²) >= 11 is 0. The topological polar surface area (TPSA) is 42.9 Å². The SMILES string of the molecule is Cc1cc(P(=O)(C2CC2)C2CC2)cnn1. The molecule has 2 saturated carbocycles. The molecule has 4 heteroatoms. The minimum atomic E-state index is -2.12. The van der Waals surface area contributed by atoms with Crippen LogP contribution in [0.25, 0.3) is 0 Å². The van der Waals surface area contributed by atoms with Crippen molar-refractivity contribution in [3.8, 4) is 0 Å². The van der Waals surface area contributed by atoms with Crippen LogP contribution in [0.2, 0.25) is 0 Å². The van der Waals surface area contributed by atoms with Gasteiger partial charge in [0.15, 0.2) is 0 Å². The lowest BCUT2D eigenvalue weighted by Gasteiger charge is -2.17. The second-order valence-corrected chi connectivity index (χ2v) is 8.12. The van der Waals surface area contributed by atoms with Gasteiger partial charge in [-0.05, 0) is 38.7 Å². The van der Waals surface area contributed by atoms with Crippen molar-refractivity contribution in [2.45, 2.75) is 43.9 Å². The molecule has 0 saturated heterocycles. The van der Waals surface area contributed by atoms with E-state index in [0.717, 1.165) is 36.7 Å². The summed E-state index contributed by atoms with van der Waals surface area (Å²) in [5.74, 6) is 0. The summed E-state index contributed by atoms with van der Waals surface area (Å²) in [6, 6.07) is 1.98. The van der Waals surface area contributed by atoms with Crippen LogP contribution in [-0.2, 0) is 4.57 Å². The number of nitrogens with zero attached hydrogens (tertiary/aromatic N) is 2. The van der Waals surface area contributed by atoms with Crippen LogP contribution < -0.4 is 5.30 Å². The smallest absolute Gasteiger partial charge is 0.123 e. The van der Waals surface area contributed by atoms with Crippen molar-refractivity contribution in [2.24, 2.45) is 0 Å². The number of aromatic nitrogens is 2. The minimum absolute atomic E-state index is 0.466. The van der Waals surface area contributed by atoms with E-state index in [1.165, 1.54) is 0 Å². The second-order valence-electron chi connectivity index (χ2n) is 4.73. The molecule has 1 aromatic heterocycles. The summed E-state index contributed by atoms with van der Waals surface area (Å²) in [5, 5.41) is 8.88. The number of hydrogen-bond donors (Lipinski definition) is 0. The molecule has 0 amide bonds. The zero-order valence-corrected chi connectivity index (χ0v) is 9.78. The number of rotatable bonds is 3. The monoisotopic (exact) mass is 222 g/mol. The van der Waals surface area contributed by atoms with E-state index >= 15 is 0 Å². The van der Waals surface area contributed by atoms with E-state index in [-0.39, 0.29) is 0 Å². The molecule has 1 aromatic rings. The van der Waals surface area contributed by atoms with Gasteiger partial charge in [-0.1, -0.05) is 0 Å². The first-order chi connectivity index (χ1) is 7.21. The van der Waals surface area contributed by atoms with Gasteiger partial charge in [-0.25, -0.2) is 0 Å². The molecular formula is C11H15N2OP. The molecule has 2 aliphatic carbocycles. The molecule has 0 N–H and O–H groups in total. The molecular weight excluding hydrogens is 207 g/mol. The van der Waals surface area contributed by atoms with Gasteiger partial charge >= 0.3 is 0 Å². The summed E-state index contributed by atoms with van der Waals surface area (Å²) in [6.07, 6.45) is 6.32. The Bertz CT molecular complexity index is 422. The molecule has 0 aromatic carbocycles. The minimum Gasteiger partial charge on any atom is -0.318 e. The molecule has 2 fully saturated rings. The predicted molar refractivity (Wildman–Crippen MR) is 60.1 cm³/mol. The van der Waals surface area contributed by atoms with E-state index < -0.39 is 7.14 Å². The van der Waals surface area contributed by atoms with Gasteiger partial charge in [0.2, 0.25) is 0 Å². The fourth-order valence-corrected chi connectivity index (χ4v) is 6.18. The van der Waals surface area contributed by atoms with Gasteiger partial charge in [0.25, 0.3) is 0 Å². The van der Waals surface area contributed by atoms with E-state index in [0.29, 0.717) is 11.3 Å². The van der Waals surface area contributed by atoms with Gasteiger partial charge in [0.1, 0.15) is 7.14 Å². The molecule has 1 heterocycles. The molecule has 0 spiro atoms. The first-order valence-corrected chi connectivity index (χ1v) is 7.45. The van der Waals surface area contributed by atoms with Crippen LogP contribution >= 0.6 is 7.14 Å². The zero-order chi connectivity index (χ0) is 10.5. The van der Waals surface area contributed by atoms with Crippen LogP contribution in [0.3, 0.4) is 0 Å². The molecule has 80 valence electrons. The summed E-state index contributed by atoms with van der Waals surface area (Å²) in [5.41, 5.74) is 1.82. The first kappa shape index (κ1) is 9.53. The molecule has 2 aliphatic rings. The van der Waals surface area contributed by atoms with Crippen molar-refractivity contribution < 1.29 is 4.57 Å². The van der Waals surface area contributed by atoms with Crippen LogP contribution in [-0.4, -0.2) is 21.5 Å². The maximum atomic E-state index is 13.0. The van der Waals surface area contributed by atoms with Crippen molar-refractivity contribution in [3.05, 3.63) is 18.0 Å². The Morgan fingerprint density at radius 2 is 1.87 bits per heavy atom. The average molecular weight is 222 g/mol. The normalized spacial score (nSPS) is 21.7. The standard InChI is InChI=1S/C11H15N2OP/c1-8-6-11(7-12-13-8)15(14,9-2-3-9)10-4-5-10/h6-7,9-10H,2-5H2,1H3. The highest BCUT2D eigenvalue weighted by atomic mass is 31.2. The molecule has 3 nitrogen and oxygen atoms in total. The Morgan fingerprint density at radius 3 is 2.33 bits per heavy atom. The van der Waals surface area contributed by atoms with E-state index in [9.17, 15) is 4.57 Å². The fourth-order valence-electron chi connectivity index (χ4n) is 2.29. The Hall–Kier alpha value is -0.690. The summed E-state index contributed by atoms with van der Waals surface area (Å²) in [4.78, 5) is 0. The highest BCUT2D eigenvalue weighted by Gasteiger charge is 2.51. The summed E-state index contributed by atoms with van der Waals surface area (Å²) in [7, 11) is -2.12. The highest BCUT2D eigenvalue weighted by molar-refractivity contribution is 7.73. The average Bonchev–Trinajstić information content (AvgIpc) is 3.04. The van der Waals surface area contributed by atoms with Crippen LogP contribution in [0.1, 0.15) is 31.4 Å². The van der Waals surface area contributed by atoms with Crippen LogP contribution in [0.4, 0.5) is 0 Å². The second kappa shape index (κ2) is 3.15. The van der Waals surface area contributed by atoms with Crippen LogP contribution in [0, 0.1) is 6.92 Å². The molecule has 0 aliphatic heterocycles. The van der Waals surface area contributed by atoms with Crippen molar-refractivity contribution >= 4 is 12.4 Å². The van der Waals surface area contributed by atoms with Gasteiger partial charge in [-0.2, -0.15) is 10.2 Å². The maximum Gasteiger partial charge on any atom is 0.123 e. The van der Waals surface area contributed by atoms with Crippen molar-refractivity contribution in [1.82, 2.24) is 10.2 Å². The lowest BCUT2D eigenvalue weighted by Crippen LogP contribution is -2.14. The van der Waals surface area contributed by atoms with Crippen LogP contribution in [0.5, 0.6) is 0 Å². The predicted octanol–water partition coefficient (Wildman–Crippen LogP) is 2.10. The zero-order valence-electron chi connectivity index (χ0n) is 8.89. The molecule has 0 radical (unpaired) electrons. The Kier molecular flexibility index (Phi) is 2.00. The molecule has 0 atom stereocenters. The van der Waals surface area contributed by atoms with Gasteiger partial charge in [-0.3, -0.25) is 0 Å². The summed E-state index contributed by atoms with van der Waals surface area (Å²) in [6.45, 7) is 1.92. The molecule has 0 unspecified atom stereocenters. The quantitative estimate of drug-likeness (QED) is 0.735. The van der Waals surface area contributed by atoms with Gasteiger partial charge in [0, 0.05) is 16.6 Å². The van der Waals surface area contributed by atoms with E-state index in [1.807, 2.05) is 13.0 Å². The Labute approximate surface area is 89.7 Å². The first-order valence-electron chi connectivity index (χ1n) is 5.60. The Balaban J connectivity index is 2.05. The van der Waals surface area contributed by atoms with Gasteiger partial charge < -0.3 is 4.57 Å². The third-order valence-electron chi connectivity index (χ3n) is 3.34. The van der Waals surface area contributed by atoms with Crippen molar-refractivity contribution in [3.63, 3.8) is 0 Å². The number of hydrogen-bond acceptors (Lipinski definition) is 3. The molecule has 0 bridgehead atoms. The van der Waals surface area contributed by atoms with Gasteiger partial charge in [0.05, 0.1) is 11.9 Å². The van der Waals surface area contributed by atoms with E-state index in [4.69, 9.17) is 0 Å². The lowest BCUT2D eigenvalue weighted by atomic mass is 10.4. The number of aryl methyl sites for hydroxylation is 1. The van der Waals surface area contributed by atoms with E-state index in [1.54, 1.807) is 6.20 Å². The lowest BCUT2D eigenvalue weighted by molar-refractivity contribution is 0.579. The van der Waals surface area contributed by atoms with Crippen molar-refractivity contribution in [2.75, 3.05) is 0 Å². The maximum absolute atomic E-state index is 13.0. The van der Waals surface area contributed by atoms with Crippen LogP contribution in [0.15, 0.2) is 12.3 Å².